The molecule has 18 heavy (non-hydrogen) atoms. The van der Waals surface area contributed by atoms with Gasteiger partial charge in [-0.15, -0.1) is 0 Å². The molecule has 1 aromatic carbocycles. The number of nitro benzene ring substituents is 1. The van der Waals surface area contributed by atoms with Crippen molar-refractivity contribution in [1.82, 2.24) is 9.55 Å². The minimum absolute atomic E-state index is 0.0825. The van der Waals surface area contributed by atoms with E-state index in [4.69, 9.17) is 11.6 Å². The second-order valence-electron chi connectivity index (χ2n) is 3.84. The van der Waals surface area contributed by atoms with E-state index in [0.29, 0.717) is 11.3 Å². The molecule has 92 valence electrons. The Bertz CT molecular complexity index is 620. The van der Waals surface area contributed by atoms with Gasteiger partial charge < -0.3 is 4.57 Å². The molecule has 0 radical (unpaired) electrons. The van der Waals surface area contributed by atoms with Gasteiger partial charge in [-0.2, -0.15) is 0 Å². The average molecular weight is 282 g/mol. The summed E-state index contributed by atoms with van der Waals surface area (Å²) in [5.41, 5.74) is 0.988. The maximum absolute atomic E-state index is 11.1. The Morgan fingerprint density at radius 3 is 3.06 bits per heavy atom. The largest absolute Gasteiger partial charge is 0.325 e. The number of hydrogen-bond acceptors (Lipinski definition) is 4. The molecule has 2 heterocycles. The highest BCUT2D eigenvalue weighted by Gasteiger charge is 2.23. The summed E-state index contributed by atoms with van der Waals surface area (Å²) in [6.07, 6.45) is 1.84. The number of fused-ring (bicyclic) bond motifs is 1. The lowest BCUT2D eigenvalue weighted by atomic mass is 10.1. The van der Waals surface area contributed by atoms with E-state index in [-0.39, 0.29) is 10.7 Å². The van der Waals surface area contributed by atoms with Crippen molar-refractivity contribution in [2.75, 3.05) is 5.75 Å². The van der Waals surface area contributed by atoms with E-state index in [1.54, 1.807) is 23.9 Å². The smallest absolute Gasteiger partial charge is 0.297 e. The molecule has 0 aliphatic carbocycles. The van der Waals surface area contributed by atoms with Crippen molar-refractivity contribution in [2.24, 2.45) is 0 Å². The number of nitro groups is 1. The minimum Gasteiger partial charge on any atom is -0.325 e. The first-order chi connectivity index (χ1) is 8.66. The van der Waals surface area contributed by atoms with Gasteiger partial charge in [-0.05, 0) is 12.1 Å². The molecular formula is C11H8ClN3O2S. The highest BCUT2D eigenvalue weighted by atomic mass is 35.5. The van der Waals surface area contributed by atoms with Gasteiger partial charge in [0.05, 0.1) is 16.2 Å². The van der Waals surface area contributed by atoms with Crippen LogP contribution in [0.1, 0.15) is 0 Å². The van der Waals surface area contributed by atoms with E-state index in [9.17, 15) is 10.1 Å². The summed E-state index contributed by atoms with van der Waals surface area (Å²) in [5, 5.41) is 12.1. The Morgan fingerprint density at radius 1 is 1.50 bits per heavy atom. The molecule has 7 heteroatoms. The Balaban J connectivity index is 2.16. The molecule has 0 bridgehead atoms. The monoisotopic (exact) mass is 281 g/mol. The van der Waals surface area contributed by atoms with Gasteiger partial charge in [0.15, 0.2) is 5.16 Å². The number of hydrogen-bond donors (Lipinski definition) is 0. The molecule has 0 atom stereocenters. The zero-order valence-corrected chi connectivity index (χ0v) is 10.7. The third kappa shape index (κ3) is 1.77. The van der Waals surface area contributed by atoms with Crippen molar-refractivity contribution < 1.29 is 4.92 Å². The fourth-order valence-corrected chi connectivity index (χ4v) is 3.13. The van der Waals surface area contributed by atoms with Gasteiger partial charge in [0, 0.05) is 18.5 Å². The van der Waals surface area contributed by atoms with Gasteiger partial charge in [-0.25, -0.2) is 4.98 Å². The van der Waals surface area contributed by atoms with Gasteiger partial charge in [0.2, 0.25) is 0 Å². The lowest BCUT2D eigenvalue weighted by molar-refractivity contribution is -0.384. The molecule has 1 aliphatic rings. The minimum atomic E-state index is -0.463. The molecule has 0 spiro atoms. The van der Waals surface area contributed by atoms with E-state index in [1.165, 1.54) is 6.07 Å². The summed E-state index contributed by atoms with van der Waals surface area (Å²) >= 11 is 7.54. The number of benzene rings is 1. The van der Waals surface area contributed by atoms with E-state index < -0.39 is 4.92 Å². The summed E-state index contributed by atoms with van der Waals surface area (Å²) in [6.45, 7) is 0.890. The molecule has 0 unspecified atom stereocenters. The van der Waals surface area contributed by atoms with Crippen LogP contribution in [0.5, 0.6) is 0 Å². The number of thioether (sulfide) groups is 1. The number of halogens is 1. The molecular weight excluding hydrogens is 274 g/mol. The number of rotatable bonds is 2. The molecule has 0 fully saturated rings. The van der Waals surface area contributed by atoms with Crippen molar-refractivity contribution in [3.05, 3.63) is 39.5 Å². The second kappa shape index (κ2) is 4.29. The van der Waals surface area contributed by atoms with Crippen molar-refractivity contribution in [2.45, 2.75) is 11.7 Å². The van der Waals surface area contributed by atoms with Crippen LogP contribution >= 0.6 is 23.4 Å². The standard InChI is InChI=1S/C11H8ClN3O2S/c12-8-3-1-2-7(10(8)15(16)17)9-6-14-4-5-18-11(14)13-9/h1-3,6H,4-5H2. The van der Waals surface area contributed by atoms with E-state index in [0.717, 1.165) is 17.5 Å². The van der Waals surface area contributed by atoms with Crippen LogP contribution in [0.3, 0.4) is 0 Å². The molecule has 1 aromatic heterocycles. The summed E-state index contributed by atoms with van der Waals surface area (Å²) in [6, 6.07) is 4.89. The fourth-order valence-electron chi connectivity index (χ4n) is 1.95. The van der Waals surface area contributed by atoms with Crippen LogP contribution in [-0.2, 0) is 6.54 Å². The molecule has 5 nitrogen and oxygen atoms in total. The zero-order valence-electron chi connectivity index (χ0n) is 9.17. The Hall–Kier alpha value is -1.53. The highest BCUT2D eigenvalue weighted by molar-refractivity contribution is 7.99. The number of imidazole rings is 1. The van der Waals surface area contributed by atoms with E-state index >= 15 is 0 Å². The maximum atomic E-state index is 11.1. The lowest BCUT2D eigenvalue weighted by Crippen LogP contribution is -1.94. The van der Waals surface area contributed by atoms with Crippen LogP contribution in [0.15, 0.2) is 29.6 Å². The molecule has 0 amide bonds. The maximum Gasteiger partial charge on any atom is 0.297 e. The Morgan fingerprint density at radius 2 is 2.33 bits per heavy atom. The molecule has 2 aromatic rings. The van der Waals surface area contributed by atoms with Crippen molar-refractivity contribution in [1.29, 1.82) is 0 Å². The SMILES string of the molecule is O=[N+]([O-])c1c(Cl)cccc1-c1cn2c(n1)SCC2. The third-order valence-corrected chi connectivity index (χ3v) is 4.02. The molecule has 1 aliphatic heterocycles. The van der Waals surface area contributed by atoms with Crippen LogP contribution in [0.4, 0.5) is 5.69 Å². The van der Waals surface area contributed by atoms with Gasteiger partial charge in [0.25, 0.3) is 5.69 Å². The molecule has 0 saturated heterocycles. The summed E-state index contributed by atoms with van der Waals surface area (Å²) in [7, 11) is 0. The fraction of sp³-hybridized carbons (Fsp3) is 0.182. The first kappa shape index (κ1) is 11.6. The van der Waals surface area contributed by atoms with E-state index in [1.807, 2.05) is 10.8 Å². The first-order valence-corrected chi connectivity index (χ1v) is 6.66. The van der Waals surface area contributed by atoms with Crippen molar-refractivity contribution in [3.63, 3.8) is 0 Å². The number of aryl methyl sites for hydroxylation is 1. The summed E-state index contributed by atoms with van der Waals surface area (Å²) in [5.74, 6) is 1.00. The predicted molar refractivity (Wildman–Crippen MR) is 70.1 cm³/mol. The molecule has 3 rings (SSSR count). The first-order valence-electron chi connectivity index (χ1n) is 5.30. The Kier molecular flexibility index (Phi) is 2.76. The third-order valence-electron chi connectivity index (χ3n) is 2.75. The summed E-state index contributed by atoms with van der Waals surface area (Å²) in [4.78, 5) is 15.0. The van der Waals surface area contributed by atoms with Gasteiger partial charge in [0.1, 0.15) is 5.02 Å². The average Bonchev–Trinajstić information content (AvgIpc) is 2.87. The topological polar surface area (TPSA) is 61.0 Å². The number of para-hydroxylation sites is 1. The van der Waals surface area contributed by atoms with Gasteiger partial charge >= 0.3 is 0 Å². The molecule has 0 N–H and O–H groups in total. The zero-order chi connectivity index (χ0) is 12.7. The van der Waals surface area contributed by atoms with Crippen molar-refractivity contribution >= 4 is 29.1 Å². The molecule has 0 saturated carbocycles. The quantitative estimate of drug-likeness (QED) is 0.626. The normalized spacial score (nSPS) is 13.6. The van der Waals surface area contributed by atoms with Crippen LogP contribution in [0, 0.1) is 10.1 Å². The summed E-state index contributed by atoms with van der Waals surface area (Å²) < 4.78 is 2.00. The van der Waals surface area contributed by atoms with Crippen molar-refractivity contribution in [3.8, 4) is 11.3 Å². The number of aromatic nitrogens is 2. The van der Waals surface area contributed by atoms with Crippen LogP contribution < -0.4 is 0 Å². The highest BCUT2D eigenvalue weighted by Crippen LogP contribution is 2.37. The van der Waals surface area contributed by atoms with Crippen LogP contribution in [-0.4, -0.2) is 20.2 Å². The predicted octanol–water partition coefficient (Wildman–Crippen LogP) is 3.22. The van der Waals surface area contributed by atoms with E-state index in [2.05, 4.69) is 4.98 Å². The number of nitrogens with zero attached hydrogens (tertiary/aromatic N) is 3. The Labute approximate surface area is 112 Å². The van der Waals surface area contributed by atoms with Gasteiger partial charge in [-0.1, -0.05) is 29.4 Å². The second-order valence-corrected chi connectivity index (χ2v) is 5.31. The van der Waals surface area contributed by atoms with Crippen LogP contribution in [0.25, 0.3) is 11.3 Å². The van der Waals surface area contributed by atoms with Crippen LogP contribution in [0.2, 0.25) is 5.02 Å². The lowest BCUT2D eigenvalue weighted by Gasteiger charge is -2.01. The van der Waals surface area contributed by atoms with Gasteiger partial charge in [-0.3, -0.25) is 10.1 Å².